The second kappa shape index (κ2) is 8.82. The van der Waals surface area contributed by atoms with E-state index in [1.54, 1.807) is 6.07 Å². The minimum atomic E-state index is -4.34. The van der Waals surface area contributed by atoms with Crippen LogP contribution in [0.25, 0.3) is 11.8 Å². The molecule has 3 heterocycles. The van der Waals surface area contributed by atoms with Gasteiger partial charge in [-0.2, -0.15) is 13.2 Å². The van der Waals surface area contributed by atoms with Gasteiger partial charge in [0.05, 0.1) is 12.5 Å². The maximum atomic E-state index is 13.1. The highest BCUT2D eigenvalue weighted by atomic mass is 19.4. The van der Waals surface area contributed by atoms with E-state index in [9.17, 15) is 18.3 Å². The van der Waals surface area contributed by atoms with Crippen LogP contribution in [0.2, 0.25) is 0 Å². The molecule has 2 aromatic heterocycles. The highest BCUT2D eigenvalue weighted by molar-refractivity contribution is 5.85. The summed E-state index contributed by atoms with van der Waals surface area (Å²) >= 11 is 0. The molecule has 0 saturated carbocycles. The molecule has 172 valence electrons. The number of fused-ring (bicyclic) bond motifs is 1. The van der Waals surface area contributed by atoms with Crippen molar-refractivity contribution in [2.75, 3.05) is 23.8 Å². The van der Waals surface area contributed by atoms with Gasteiger partial charge in [0.15, 0.2) is 0 Å². The zero-order chi connectivity index (χ0) is 23.7. The molecule has 1 aliphatic rings. The Morgan fingerprint density at radius 3 is 2.53 bits per heavy atom. The fourth-order valence-electron chi connectivity index (χ4n) is 3.34. The molecule has 0 bridgehead atoms. The van der Waals surface area contributed by atoms with Gasteiger partial charge in [0.25, 0.3) is 0 Å². The molecule has 0 amide bonds. The molecule has 6 nitrogen and oxygen atoms in total. The van der Waals surface area contributed by atoms with E-state index in [1.165, 1.54) is 18.3 Å². The lowest BCUT2D eigenvalue weighted by atomic mass is 10.00. The highest BCUT2D eigenvalue weighted by Crippen LogP contribution is 2.37. The number of anilines is 3. The van der Waals surface area contributed by atoms with Gasteiger partial charge < -0.3 is 20.6 Å². The molecule has 1 atom stereocenters. The molecule has 3 rings (SSSR count). The number of halogens is 3. The second-order valence-corrected chi connectivity index (χ2v) is 8.74. The fraction of sp³-hybridized carbons (Fsp3) is 0.391. The summed E-state index contributed by atoms with van der Waals surface area (Å²) in [6.45, 7) is 11.7. The third kappa shape index (κ3) is 5.40. The van der Waals surface area contributed by atoms with Crippen LogP contribution in [-0.2, 0) is 0 Å². The van der Waals surface area contributed by atoms with Gasteiger partial charge in [0, 0.05) is 35.7 Å². The average molecular weight is 448 g/mol. The SMILES string of the molecule is C=C1c2c(cc(Nc3cc(C(C)C(F)(F)F)ccn3)nc2NC(C)(C)C)C=CN1CCO. The van der Waals surface area contributed by atoms with Crippen LogP contribution in [-0.4, -0.2) is 44.8 Å². The highest BCUT2D eigenvalue weighted by Gasteiger charge is 2.37. The number of hydrogen-bond donors (Lipinski definition) is 3. The molecule has 0 radical (unpaired) electrons. The van der Waals surface area contributed by atoms with Gasteiger partial charge in [-0.15, -0.1) is 0 Å². The van der Waals surface area contributed by atoms with E-state index in [2.05, 4.69) is 27.2 Å². The molecule has 9 heteroatoms. The molecule has 0 fully saturated rings. The summed E-state index contributed by atoms with van der Waals surface area (Å²) in [5.74, 6) is -0.319. The number of nitrogens with one attached hydrogen (secondary N) is 2. The lowest BCUT2D eigenvalue weighted by molar-refractivity contribution is -0.146. The zero-order valence-electron chi connectivity index (χ0n) is 18.6. The van der Waals surface area contributed by atoms with Crippen LogP contribution in [0, 0.1) is 0 Å². The Bertz CT molecular complexity index is 1030. The van der Waals surface area contributed by atoms with Gasteiger partial charge in [-0.25, -0.2) is 9.97 Å². The molecular formula is C23H28F3N5O. The summed E-state index contributed by atoms with van der Waals surface area (Å²) < 4.78 is 39.4. The van der Waals surface area contributed by atoms with Crippen molar-refractivity contribution in [2.45, 2.75) is 45.3 Å². The molecule has 3 N–H and O–H groups in total. The Morgan fingerprint density at radius 2 is 1.91 bits per heavy atom. The molecule has 2 aromatic rings. The number of rotatable bonds is 6. The Morgan fingerprint density at radius 1 is 1.19 bits per heavy atom. The first kappa shape index (κ1) is 23.6. The van der Waals surface area contributed by atoms with Crippen LogP contribution < -0.4 is 10.6 Å². The van der Waals surface area contributed by atoms with Crippen LogP contribution in [0.15, 0.2) is 37.2 Å². The summed E-state index contributed by atoms with van der Waals surface area (Å²) in [5.41, 5.74) is 2.15. The van der Waals surface area contributed by atoms with Gasteiger partial charge in [0.2, 0.25) is 0 Å². The first-order chi connectivity index (χ1) is 14.9. The molecule has 0 aliphatic carbocycles. The number of nitrogens with zero attached hydrogens (tertiary/aromatic N) is 3. The second-order valence-electron chi connectivity index (χ2n) is 8.74. The van der Waals surface area contributed by atoms with Crippen molar-refractivity contribution in [3.63, 3.8) is 0 Å². The summed E-state index contributed by atoms with van der Waals surface area (Å²) in [4.78, 5) is 10.7. The minimum Gasteiger partial charge on any atom is -0.395 e. The number of alkyl halides is 3. The van der Waals surface area contributed by atoms with E-state index in [0.717, 1.165) is 18.1 Å². The van der Waals surface area contributed by atoms with Gasteiger partial charge >= 0.3 is 6.18 Å². The average Bonchev–Trinajstić information content (AvgIpc) is 2.67. The lowest BCUT2D eigenvalue weighted by Crippen LogP contribution is -2.29. The predicted molar refractivity (Wildman–Crippen MR) is 121 cm³/mol. The fourth-order valence-corrected chi connectivity index (χ4v) is 3.34. The number of aromatic nitrogens is 2. The molecule has 1 unspecified atom stereocenters. The maximum absolute atomic E-state index is 13.1. The molecule has 0 spiro atoms. The van der Waals surface area contributed by atoms with Crippen molar-refractivity contribution in [1.82, 2.24) is 14.9 Å². The molecular weight excluding hydrogens is 419 g/mol. The number of pyridine rings is 2. The summed E-state index contributed by atoms with van der Waals surface area (Å²) in [6, 6.07) is 4.54. The smallest absolute Gasteiger partial charge is 0.395 e. The van der Waals surface area contributed by atoms with Gasteiger partial charge in [-0.3, -0.25) is 0 Å². The molecule has 1 aliphatic heterocycles. The zero-order valence-corrected chi connectivity index (χ0v) is 18.6. The predicted octanol–water partition coefficient (Wildman–Crippen LogP) is 5.35. The number of β-amino-alcohol motifs (C(OH)–C–C–N with tert-alkyl or cyclic N) is 1. The van der Waals surface area contributed by atoms with E-state index in [1.807, 2.05) is 37.9 Å². The van der Waals surface area contributed by atoms with Crippen LogP contribution in [0.5, 0.6) is 0 Å². The lowest BCUT2D eigenvalue weighted by Gasteiger charge is -2.31. The largest absolute Gasteiger partial charge is 0.395 e. The number of hydrogen-bond acceptors (Lipinski definition) is 6. The van der Waals surface area contributed by atoms with Crippen molar-refractivity contribution in [3.8, 4) is 0 Å². The molecule has 0 saturated heterocycles. The van der Waals surface area contributed by atoms with E-state index >= 15 is 0 Å². The van der Waals surface area contributed by atoms with Crippen LogP contribution in [0.1, 0.15) is 50.3 Å². The normalized spacial score (nSPS) is 14.9. The van der Waals surface area contributed by atoms with Crippen molar-refractivity contribution < 1.29 is 18.3 Å². The number of aliphatic hydroxyl groups is 1. The van der Waals surface area contributed by atoms with Crippen LogP contribution in [0.4, 0.5) is 30.6 Å². The van der Waals surface area contributed by atoms with Crippen molar-refractivity contribution in [3.05, 3.63) is 53.9 Å². The quantitative estimate of drug-likeness (QED) is 0.555. The first-order valence-corrected chi connectivity index (χ1v) is 10.3. The van der Waals surface area contributed by atoms with Crippen molar-refractivity contribution in [1.29, 1.82) is 0 Å². The Kier molecular flexibility index (Phi) is 6.50. The number of aliphatic hydroxyl groups excluding tert-OH is 1. The summed E-state index contributed by atoms with van der Waals surface area (Å²) in [6.07, 6.45) is 0.727. The van der Waals surface area contributed by atoms with E-state index < -0.39 is 12.1 Å². The first-order valence-electron chi connectivity index (χ1n) is 10.3. The van der Waals surface area contributed by atoms with Crippen LogP contribution in [0.3, 0.4) is 0 Å². The Labute approximate surface area is 185 Å². The molecule has 0 aromatic carbocycles. The van der Waals surface area contributed by atoms with Crippen molar-refractivity contribution >= 4 is 29.2 Å². The summed E-state index contributed by atoms with van der Waals surface area (Å²) in [5, 5.41) is 15.7. The Balaban J connectivity index is 1.99. The molecule has 32 heavy (non-hydrogen) atoms. The topological polar surface area (TPSA) is 73.3 Å². The Hall–Kier alpha value is -3.07. The van der Waals surface area contributed by atoms with Gasteiger partial charge in [-0.05, 0) is 63.1 Å². The minimum absolute atomic E-state index is 0.0217. The van der Waals surface area contributed by atoms with Crippen molar-refractivity contribution in [2.24, 2.45) is 0 Å². The van der Waals surface area contributed by atoms with Gasteiger partial charge in [-0.1, -0.05) is 6.58 Å². The summed E-state index contributed by atoms with van der Waals surface area (Å²) in [7, 11) is 0. The standard InChI is InChI=1S/C23H28F3N5O/c1-14(23(24,25)26)16-6-8-27-18(12-16)28-19-13-17-7-9-31(10-11-32)15(2)20(17)21(29-19)30-22(3,4)5/h6-9,12-14,32H,2,10-11H2,1,3-5H3,(H2,27,28,29,30). The maximum Gasteiger partial charge on any atom is 0.395 e. The van der Waals surface area contributed by atoms with E-state index in [0.29, 0.717) is 23.9 Å². The van der Waals surface area contributed by atoms with Crippen LogP contribution >= 0.6 is 0 Å². The van der Waals surface area contributed by atoms with E-state index in [-0.39, 0.29) is 23.5 Å². The monoisotopic (exact) mass is 447 g/mol. The van der Waals surface area contributed by atoms with E-state index in [4.69, 9.17) is 0 Å². The van der Waals surface area contributed by atoms with Gasteiger partial charge in [0.1, 0.15) is 17.5 Å². The third-order valence-electron chi connectivity index (χ3n) is 4.98. The third-order valence-corrected chi connectivity index (χ3v) is 4.98.